The minimum Gasteiger partial charge on any atom is -0.494 e. The number of benzene rings is 2. The molecule has 0 aliphatic carbocycles. The summed E-state index contributed by atoms with van der Waals surface area (Å²) in [4.78, 5) is 34.4. The fraction of sp³-hybridized carbons (Fsp3) is 0.167. The zero-order valence-corrected chi connectivity index (χ0v) is 19.3. The standard InChI is InChI=1S/C24H16ClFN4O3S/c1-33-20-8-15(16(25)9-17(20)26)21-10-18-22(34-21)23(31)30(24(32)29(18)7-6-27)19-12-28-11-13-4-2-3-5-14(13)19/h2-5,8-12,18,22H,7H2,1H3. The molecule has 5 rings (SSSR count). The van der Waals surface area contributed by atoms with Crippen molar-refractivity contribution >= 4 is 56.7 Å². The summed E-state index contributed by atoms with van der Waals surface area (Å²) in [6.45, 7) is -0.215. The van der Waals surface area contributed by atoms with Gasteiger partial charge in [0.15, 0.2) is 11.6 Å². The lowest BCUT2D eigenvalue weighted by Gasteiger charge is -2.40. The number of thioether (sulfide) groups is 1. The molecule has 2 aliphatic heterocycles. The SMILES string of the molecule is COc1cc(C2=CC3C(S2)C(=O)N(c2cncc4ccccc24)C(=O)N3CC#N)c(Cl)cc1F. The van der Waals surface area contributed by atoms with Gasteiger partial charge in [0.25, 0.3) is 5.91 Å². The zero-order chi connectivity index (χ0) is 24.0. The summed E-state index contributed by atoms with van der Waals surface area (Å²) in [5, 5.41) is 10.3. The molecule has 0 radical (unpaired) electrons. The monoisotopic (exact) mass is 494 g/mol. The third-order valence-electron chi connectivity index (χ3n) is 5.78. The van der Waals surface area contributed by atoms with Crippen molar-refractivity contribution in [3.8, 4) is 11.8 Å². The highest BCUT2D eigenvalue weighted by molar-refractivity contribution is 8.09. The molecule has 2 aliphatic rings. The maximum atomic E-state index is 14.1. The Labute approximate surface area is 203 Å². The normalized spacial score (nSPS) is 19.8. The Morgan fingerprint density at radius 1 is 1.26 bits per heavy atom. The largest absolute Gasteiger partial charge is 0.494 e. The van der Waals surface area contributed by atoms with E-state index in [2.05, 4.69) is 4.98 Å². The first-order valence-electron chi connectivity index (χ1n) is 10.2. The predicted octanol–water partition coefficient (Wildman–Crippen LogP) is 4.85. The van der Waals surface area contributed by atoms with E-state index in [1.165, 1.54) is 36.0 Å². The highest BCUT2D eigenvalue weighted by Gasteiger charge is 2.50. The van der Waals surface area contributed by atoms with Gasteiger partial charge in [-0.3, -0.25) is 9.78 Å². The molecule has 1 fully saturated rings. The van der Waals surface area contributed by atoms with Crippen LogP contribution in [0, 0.1) is 17.1 Å². The number of halogens is 2. The molecule has 2 unspecified atom stereocenters. The Morgan fingerprint density at radius 2 is 2.06 bits per heavy atom. The van der Waals surface area contributed by atoms with E-state index in [0.717, 1.165) is 16.4 Å². The van der Waals surface area contributed by atoms with Gasteiger partial charge in [0, 0.05) is 27.4 Å². The lowest BCUT2D eigenvalue weighted by atomic mass is 10.0. The second-order valence-electron chi connectivity index (χ2n) is 7.65. The third kappa shape index (κ3) is 3.47. The van der Waals surface area contributed by atoms with E-state index in [-0.39, 0.29) is 17.3 Å². The van der Waals surface area contributed by atoms with E-state index in [0.29, 0.717) is 21.5 Å². The van der Waals surface area contributed by atoms with Crippen molar-refractivity contribution in [2.45, 2.75) is 11.3 Å². The van der Waals surface area contributed by atoms with Crippen molar-refractivity contribution < 1.29 is 18.7 Å². The number of methoxy groups -OCH3 is 1. The number of imide groups is 1. The molecule has 0 spiro atoms. The Kier molecular flexibility index (Phi) is 5.63. The Hall–Kier alpha value is -3.61. The molecule has 3 amide bonds. The zero-order valence-electron chi connectivity index (χ0n) is 17.7. The molecule has 170 valence electrons. The minimum absolute atomic E-state index is 0.00973. The summed E-state index contributed by atoms with van der Waals surface area (Å²) < 4.78 is 19.1. The summed E-state index contributed by atoms with van der Waals surface area (Å²) in [6.07, 6.45) is 4.85. The first-order chi connectivity index (χ1) is 16.4. The summed E-state index contributed by atoms with van der Waals surface area (Å²) in [5.41, 5.74) is 0.833. The van der Waals surface area contributed by atoms with Gasteiger partial charge in [-0.1, -0.05) is 35.9 Å². The Bertz CT molecular complexity index is 1420. The molecule has 2 atom stereocenters. The van der Waals surface area contributed by atoms with Crippen LogP contribution in [0.4, 0.5) is 14.9 Å². The van der Waals surface area contributed by atoms with Crippen molar-refractivity contribution in [3.63, 3.8) is 0 Å². The highest BCUT2D eigenvalue weighted by atomic mass is 35.5. The molecule has 7 nitrogen and oxygen atoms in total. The smallest absolute Gasteiger partial charge is 0.332 e. The van der Waals surface area contributed by atoms with Crippen LogP contribution in [0.25, 0.3) is 15.7 Å². The summed E-state index contributed by atoms with van der Waals surface area (Å²) >= 11 is 7.52. The van der Waals surface area contributed by atoms with Gasteiger partial charge in [-0.15, -0.1) is 11.8 Å². The van der Waals surface area contributed by atoms with Gasteiger partial charge < -0.3 is 9.64 Å². The minimum atomic E-state index is -0.716. The van der Waals surface area contributed by atoms with Gasteiger partial charge in [0.05, 0.1) is 36.1 Å². The van der Waals surface area contributed by atoms with E-state index < -0.39 is 29.0 Å². The number of nitrogens with zero attached hydrogens (tertiary/aromatic N) is 4. The molecular weight excluding hydrogens is 479 g/mol. The summed E-state index contributed by atoms with van der Waals surface area (Å²) in [6, 6.07) is 10.7. The van der Waals surface area contributed by atoms with Gasteiger partial charge in [0.1, 0.15) is 11.8 Å². The number of aromatic nitrogens is 1. The van der Waals surface area contributed by atoms with Crippen LogP contribution in [-0.2, 0) is 4.79 Å². The van der Waals surface area contributed by atoms with Gasteiger partial charge in [-0.05, 0) is 18.2 Å². The van der Waals surface area contributed by atoms with Gasteiger partial charge in [0.2, 0.25) is 0 Å². The fourth-order valence-corrected chi connectivity index (χ4v) is 5.86. The number of hydrogen-bond donors (Lipinski definition) is 0. The van der Waals surface area contributed by atoms with Crippen LogP contribution in [0.5, 0.6) is 5.75 Å². The maximum absolute atomic E-state index is 14.1. The second kappa shape index (κ2) is 8.63. The van der Waals surface area contributed by atoms with E-state index in [1.54, 1.807) is 12.3 Å². The van der Waals surface area contributed by atoms with Crippen molar-refractivity contribution in [1.29, 1.82) is 5.26 Å². The molecule has 10 heteroatoms. The van der Waals surface area contributed by atoms with E-state index in [1.807, 2.05) is 30.3 Å². The lowest BCUT2D eigenvalue weighted by Crippen LogP contribution is -2.62. The summed E-state index contributed by atoms with van der Waals surface area (Å²) in [7, 11) is 1.35. The number of pyridine rings is 1. The number of anilines is 1. The van der Waals surface area contributed by atoms with Crippen LogP contribution in [-0.4, -0.2) is 46.8 Å². The molecule has 34 heavy (non-hydrogen) atoms. The van der Waals surface area contributed by atoms with Crippen molar-refractivity contribution in [2.24, 2.45) is 0 Å². The molecule has 1 aromatic heterocycles. The molecule has 3 heterocycles. The topological polar surface area (TPSA) is 86.5 Å². The molecule has 3 aromatic rings. The first-order valence-corrected chi connectivity index (χ1v) is 11.5. The molecule has 1 saturated heterocycles. The van der Waals surface area contributed by atoms with E-state index in [4.69, 9.17) is 16.3 Å². The third-order valence-corrected chi connectivity index (χ3v) is 7.44. The second-order valence-corrected chi connectivity index (χ2v) is 9.24. The number of nitriles is 1. The number of amides is 3. The average molecular weight is 495 g/mol. The van der Waals surface area contributed by atoms with Crippen LogP contribution in [0.1, 0.15) is 5.56 Å². The molecule has 0 N–H and O–H groups in total. The first kappa shape index (κ1) is 22.2. The average Bonchev–Trinajstić information content (AvgIpc) is 3.27. The van der Waals surface area contributed by atoms with Crippen LogP contribution < -0.4 is 9.64 Å². The quantitative estimate of drug-likeness (QED) is 0.482. The number of rotatable bonds is 4. The van der Waals surface area contributed by atoms with Crippen LogP contribution in [0.15, 0.2) is 54.9 Å². The number of carbonyl (C=O) groups is 2. The Balaban J connectivity index is 1.59. The number of carbonyl (C=O) groups excluding carboxylic acids is 2. The van der Waals surface area contributed by atoms with Crippen LogP contribution in [0.2, 0.25) is 5.02 Å². The van der Waals surface area contributed by atoms with Gasteiger partial charge in [-0.2, -0.15) is 5.26 Å². The van der Waals surface area contributed by atoms with Crippen LogP contribution in [0.3, 0.4) is 0 Å². The molecule has 0 saturated carbocycles. The number of urea groups is 1. The fourth-order valence-electron chi connectivity index (χ4n) is 4.19. The number of ether oxygens (including phenoxy) is 1. The van der Waals surface area contributed by atoms with E-state index in [9.17, 15) is 19.2 Å². The van der Waals surface area contributed by atoms with Gasteiger partial charge >= 0.3 is 6.03 Å². The van der Waals surface area contributed by atoms with Crippen molar-refractivity contribution in [3.05, 3.63) is 71.3 Å². The number of hydrogen-bond acceptors (Lipinski definition) is 6. The lowest BCUT2D eigenvalue weighted by molar-refractivity contribution is -0.119. The van der Waals surface area contributed by atoms with E-state index >= 15 is 0 Å². The molecule has 0 bridgehead atoms. The highest BCUT2D eigenvalue weighted by Crippen LogP contribution is 2.47. The van der Waals surface area contributed by atoms with Gasteiger partial charge in [-0.25, -0.2) is 14.1 Å². The summed E-state index contributed by atoms with van der Waals surface area (Å²) in [5.74, 6) is -1.02. The number of fused-ring (bicyclic) bond motifs is 2. The molecule has 2 aromatic carbocycles. The molecular formula is C24H16ClFN4O3S. The van der Waals surface area contributed by atoms with Crippen molar-refractivity contribution in [1.82, 2.24) is 9.88 Å². The maximum Gasteiger partial charge on any atom is 0.332 e. The predicted molar refractivity (Wildman–Crippen MR) is 128 cm³/mol. The Morgan fingerprint density at radius 3 is 2.82 bits per heavy atom. The van der Waals surface area contributed by atoms with Crippen LogP contribution >= 0.6 is 23.4 Å². The van der Waals surface area contributed by atoms with Crippen molar-refractivity contribution in [2.75, 3.05) is 18.6 Å².